The molecule has 0 bridgehead atoms. The molecule has 1 aromatic rings. The monoisotopic (exact) mass is 347 g/mol. The Balaban J connectivity index is 1.98. The van der Waals surface area contributed by atoms with E-state index in [4.69, 9.17) is 0 Å². The highest BCUT2D eigenvalue weighted by atomic mass is 32.1. The van der Waals surface area contributed by atoms with Gasteiger partial charge in [0.2, 0.25) is 5.91 Å². The minimum absolute atomic E-state index is 0.199. The molecule has 0 aliphatic carbocycles. The Labute approximate surface area is 137 Å². The smallest absolute Gasteiger partial charge is 0.336 e. The van der Waals surface area contributed by atoms with Crippen LogP contribution in [0, 0.1) is 6.92 Å². The van der Waals surface area contributed by atoms with Crippen LogP contribution in [0.25, 0.3) is 6.08 Å². The Morgan fingerprint density at radius 2 is 2.13 bits per heavy atom. The first kappa shape index (κ1) is 17.9. The van der Waals surface area contributed by atoms with Crippen molar-refractivity contribution < 1.29 is 18.0 Å². The number of rotatable bonds is 3. The van der Waals surface area contributed by atoms with Gasteiger partial charge in [0.15, 0.2) is 0 Å². The van der Waals surface area contributed by atoms with Crippen LogP contribution in [-0.4, -0.2) is 58.6 Å². The van der Waals surface area contributed by atoms with Gasteiger partial charge in [-0.1, -0.05) is 0 Å². The lowest BCUT2D eigenvalue weighted by molar-refractivity contribution is -0.166. The summed E-state index contributed by atoms with van der Waals surface area (Å²) in [5.74, 6) is -0.199. The van der Waals surface area contributed by atoms with Crippen LogP contribution < -0.4 is 0 Å². The predicted molar refractivity (Wildman–Crippen MR) is 84.2 cm³/mol. The third-order valence-corrected chi connectivity index (χ3v) is 4.58. The molecule has 2 rings (SSSR count). The zero-order valence-corrected chi connectivity index (χ0v) is 14.2. The second kappa shape index (κ2) is 6.60. The van der Waals surface area contributed by atoms with Crippen molar-refractivity contribution in [3.8, 4) is 0 Å². The van der Waals surface area contributed by atoms with E-state index in [1.165, 1.54) is 22.3 Å². The van der Waals surface area contributed by atoms with E-state index >= 15 is 0 Å². The lowest BCUT2D eigenvalue weighted by Gasteiger charge is -2.47. The van der Waals surface area contributed by atoms with E-state index in [2.05, 4.69) is 4.98 Å². The summed E-state index contributed by atoms with van der Waals surface area (Å²) in [6, 6.07) is 0. The number of amides is 1. The Morgan fingerprint density at radius 3 is 2.65 bits per heavy atom. The molecule has 1 saturated heterocycles. The Bertz CT molecular complexity index is 595. The average molecular weight is 347 g/mol. The fourth-order valence-electron chi connectivity index (χ4n) is 2.61. The highest BCUT2D eigenvalue weighted by Gasteiger charge is 2.41. The lowest BCUT2D eigenvalue weighted by Crippen LogP contribution is -2.61. The van der Waals surface area contributed by atoms with Crippen LogP contribution in [0.1, 0.15) is 24.5 Å². The summed E-state index contributed by atoms with van der Waals surface area (Å²) in [5.41, 5.74) is 0.00455. The quantitative estimate of drug-likeness (QED) is 0.789. The number of aromatic nitrogens is 1. The van der Waals surface area contributed by atoms with E-state index in [1.807, 2.05) is 12.3 Å². The van der Waals surface area contributed by atoms with Crippen LogP contribution in [0.15, 0.2) is 11.5 Å². The van der Waals surface area contributed by atoms with E-state index in [-0.39, 0.29) is 19.0 Å². The first-order valence-electron chi connectivity index (χ1n) is 7.28. The molecule has 8 heteroatoms. The van der Waals surface area contributed by atoms with Gasteiger partial charge in [0.05, 0.1) is 17.2 Å². The van der Waals surface area contributed by atoms with Gasteiger partial charge in [0.1, 0.15) is 0 Å². The normalized spacial score (nSPS) is 19.5. The Kier molecular flexibility index (Phi) is 5.15. The molecule has 1 aromatic heterocycles. The Morgan fingerprint density at radius 1 is 1.43 bits per heavy atom. The van der Waals surface area contributed by atoms with Crippen LogP contribution in [-0.2, 0) is 4.79 Å². The third kappa shape index (κ3) is 5.04. The Hall–Kier alpha value is -1.41. The molecule has 4 nitrogen and oxygen atoms in total. The van der Waals surface area contributed by atoms with Crippen LogP contribution in [0.4, 0.5) is 13.2 Å². The second-order valence-corrected chi connectivity index (χ2v) is 7.30. The number of piperazine rings is 1. The lowest BCUT2D eigenvalue weighted by atomic mass is 9.98. The molecule has 1 amide bonds. The molecule has 0 N–H and O–H groups in total. The van der Waals surface area contributed by atoms with Crippen LogP contribution in [0.2, 0.25) is 0 Å². The maximum absolute atomic E-state index is 12.6. The molecule has 0 atom stereocenters. The fourth-order valence-corrected chi connectivity index (χ4v) is 3.19. The van der Waals surface area contributed by atoms with E-state index in [1.54, 1.807) is 24.8 Å². The first-order valence-corrected chi connectivity index (χ1v) is 8.16. The van der Waals surface area contributed by atoms with Gasteiger partial charge in [-0.05, 0) is 26.8 Å². The maximum atomic E-state index is 12.6. The molecular formula is C15H20F3N3OS. The summed E-state index contributed by atoms with van der Waals surface area (Å²) >= 11 is 1.50. The van der Waals surface area contributed by atoms with Gasteiger partial charge in [0.25, 0.3) is 0 Å². The van der Waals surface area contributed by atoms with Gasteiger partial charge < -0.3 is 4.90 Å². The van der Waals surface area contributed by atoms with Crippen molar-refractivity contribution in [3.63, 3.8) is 0 Å². The topological polar surface area (TPSA) is 36.4 Å². The SMILES string of the molecule is Cc1nc(/C=C\C(=O)N2CCN(CC(F)(F)F)C(C)(C)C2)cs1. The van der Waals surface area contributed by atoms with Gasteiger partial charge in [0, 0.05) is 36.6 Å². The summed E-state index contributed by atoms with van der Waals surface area (Å²) in [5, 5.41) is 2.77. The van der Waals surface area contributed by atoms with E-state index in [9.17, 15) is 18.0 Å². The molecule has 0 aromatic carbocycles. The highest BCUT2D eigenvalue weighted by Crippen LogP contribution is 2.26. The van der Waals surface area contributed by atoms with E-state index in [0.717, 1.165) is 10.7 Å². The zero-order chi connectivity index (χ0) is 17.3. The van der Waals surface area contributed by atoms with Gasteiger partial charge in [-0.2, -0.15) is 13.2 Å². The number of halogens is 3. The van der Waals surface area contributed by atoms with Crippen molar-refractivity contribution in [2.75, 3.05) is 26.2 Å². The molecule has 0 radical (unpaired) electrons. The minimum Gasteiger partial charge on any atom is -0.336 e. The molecule has 2 heterocycles. The predicted octanol–water partition coefficient (Wildman–Crippen LogP) is 2.95. The van der Waals surface area contributed by atoms with Crippen LogP contribution in [0.5, 0.6) is 0 Å². The third-order valence-electron chi connectivity index (χ3n) is 3.79. The number of carbonyl (C=O) groups excluding carboxylic acids is 1. The molecule has 0 saturated carbocycles. The van der Waals surface area contributed by atoms with Crippen molar-refractivity contribution in [2.45, 2.75) is 32.5 Å². The highest BCUT2D eigenvalue weighted by molar-refractivity contribution is 7.09. The first-order chi connectivity index (χ1) is 10.6. The zero-order valence-electron chi connectivity index (χ0n) is 13.4. The molecule has 1 aliphatic rings. The number of carbonyl (C=O) groups is 1. The van der Waals surface area contributed by atoms with Crippen LogP contribution in [0.3, 0.4) is 0 Å². The number of hydrogen-bond acceptors (Lipinski definition) is 4. The summed E-state index contributed by atoms with van der Waals surface area (Å²) in [6.45, 7) is 5.16. The minimum atomic E-state index is -4.23. The molecule has 0 spiro atoms. The molecule has 0 unspecified atom stereocenters. The maximum Gasteiger partial charge on any atom is 0.401 e. The van der Waals surface area contributed by atoms with Gasteiger partial charge in [-0.25, -0.2) is 4.98 Å². The van der Waals surface area contributed by atoms with Crippen molar-refractivity contribution in [2.24, 2.45) is 0 Å². The molecule has 128 valence electrons. The number of hydrogen-bond donors (Lipinski definition) is 0. The molecule has 1 aliphatic heterocycles. The van der Waals surface area contributed by atoms with Gasteiger partial charge in [-0.15, -0.1) is 11.3 Å². The van der Waals surface area contributed by atoms with Gasteiger partial charge >= 0.3 is 6.18 Å². The fraction of sp³-hybridized carbons (Fsp3) is 0.600. The molecular weight excluding hydrogens is 327 g/mol. The van der Waals surface area contributed by atoms with Crippen molar-refractivity contribution in [1.29, 1.82) is 0 Å². The summed E-state index contributed by atoms with van der Waals surface area (Å²) < 4.78 is 37.8. The van der Waals surface area contributed by atoms with E-state index < -0.39 is 18.3 Å². The molecule has 23 heavy (non-hydrogen) atoms. The van der Waals surface area contributed by atoms with Crippen LogP contribution >= 0.6 is 11.3 Å². The average Bonchev–Trinajstić information content (AvgIpc) is 2.82. The number of nitrogens with zero attached hydrogens (tertiary/aromatic N) is 3. The van der Waals surface area contributed by atoms with Crippen molar-refractivity contribution in [3.05, 3.63) is 22.2 Å². The summed E-state index contributed by atoms with van der Waals surface area (Å²) in [6.07, 6.45) is -1.16. The second-order valence-electron chi connectivity index (χ2n) is 6.23. The standard InChI is InChI=1S/C15H20F3N3OS/c1-11-19-12(8-23-11)4-5-13(22)20-6-7-21(10-15(16,17)18)14(2,3)9-20/h4-5,8H,6-7,9-10H2,1-3H3/b5-4-. The largest absolute Gasteiger partial charge is 0.401 e. The van der Waals surface area contributed by atoms with Gasteiger partial charge in [-0.3, -0.25) is 9.69 Å². The number of aryl methyl sites for hydroxylation is 1. The number of thiazole rings is 1. The van der Waals surface area contributed by atoms with Crippen molar-refractivity contribution >= 4 is 23.3 Å². The van der Waals surface area contributed by atoms with Crippen molar-refractivity contribution in [1.82, 2.24) is 14.8 Å². The summed E-state index contributed by atoms with van der Waals surface area (Å²) in [7, 11) is 0. The molecule has 1 fully saturated rings. The van der Waals surface area contributed by atoms with E-state index in [0.29, 0.717) is 6.54 Å². The summed E-state index contributed by atoms with van der Waals surface area (Å²) in [4.78, 5) is 19.4. The number of alkyl halides is 3.